The van der Waals surface area contributed by atoms with E-state index in [9.17, 15) is 17.6 Å². The molecule has 0 fully saturated rings. The van der Waals surface area contributed by atoms with Gasteiger partial charge in [-0.15, -0.1) is 0 Å². The van der Waals surface area contributed by atoms with E-state index in [1.807, 2.05) is 0 Å². The van der Waals surface area contributed by atoms with Crippen LogP contribution in [0.2, 0.25) is 0 Å². The summed E-state index contributed by atoms with van der Waals surface area (Å²) < 4.78 is 53.6. The molecule has 0 radical (unpaired) electrons. The summed E-state index contributed by atoms with van der Waals surface area (Å²) in [4.78, 5) is 0. The van der Waals surface area contributed by atoms with Gasteiger partial charge in [0.2, 0.25) is 0 Å². The number of hydrogen-bond acceptors (Lipinski definition) is 2. The smallest absolute Gasteiger partial charge is 0.423 e. The third kappa shape index (κ3) is 2.22. The maximum Gasteiger partial charge on any atom is 0.492 e. The molecule has 0 heterocycles. The summed E-state index contributed by atoms with van der Waals surface area (Å²) in [5, 5.41) is 18.1. The Morgan fingerprint density at radius 3 is 1.79 bits per heavy atom. The third-order valence-electron chi connectivity index (χ3n) is 2.62. The summed E-state index contributed by atoms with van der Waals surface area (Å²) in [6.07, 6.45) is 0. The molecule has 0 saturated heterocycles. The quantitative estimate of drug-likeness (QED) is 0.376. The van der Waals surface area contributed by atoms with Gasteiger partial charge in [-0.25, -0.2) is 17.6 Å². The molecule has 19 heavy (non-hydrogen) atoms. The van der Waals surface area contributed by atoms with Crippen LogP contribution in [0.1, 0.15) is 0 Å². The molecular weight excluding hydrogens is 263 g/mol. The topological polar surface area (TPSA) is 40.5 Å². The Hall–Kier alpha value is -1.86. The van der Waals surface area contributed by atoms with Crippen LogP contribution in [-0.2, 0) is 0 Å². The van der Waals surface area contributed by atoms with Crippen LogP contribution in [-0.4, -0.2) is 17.2 Å². The van der Waals surface area contributed by atoms with Crippen molar-refractivity contribution in [3.63, 3.8) is 0 Å². The molecule has 0 spiro atoms. The van der Waals surface area contributed by atoms with E-state index < -0.39 is 41.4 Å². The zero-order valence-corrected chi connectivity index (χ0v) is 9.37. The van der Waals surface area contributed by atoms with Gasteiger partial charge in [-0.05, 0) is 5.56 Å². The molecule has 0 aromatic heterocycles. The van der Waals surface area contributed by atoms with Crippen LogP contribution in [0.25, 0.3) is 11.1 Å². The fraction of sp³-hybridized carbons (Fsp3) is 0. The van der Waals surface area contributed by atoms with Crippen molar-refractivity contribution in [2.24, 2.45) is 0 Å². The number of halogens is 4. The van der Waals surface area contributed by atoms with Gasteiger partial charge in [-0.1, -0.05) is 30.3 Å². The molecule has 0 aliphatic heterocycles. The van der Waals surface area contributed by atoms with Crippen molar-refractivity contribution in [1.29, 1.82) is 0 Å². The molecule has 98 valence electrons. The molecule has 0 atom stereocenters. The van der Waals surface area contributed by atoms with E-state index >= 15 is 0 Å². The third-order valence-corrected chi connectivity index (χ3v) is 2.62. The second-order valence-electron chi connectivity index (χ2n) is 3.78. The average molecular weight is 270 g/mol. The lowest BCUT2D eigenvalue weighted by molar-refractivity contribution is 0.400. The van der Waals surface area contributed by atoms with Crippen molar-refractivity contribution in [3.05, 3.63) is 53.6 Å². The molecule has 2 nitrogen and oxygen atoms in total. The Bertz CT molecular complexity index is 617. The van der Waals surface area contributed by atoms with Gasteiger partial charge in [0.1, 0.15) is 0 Å². The van der Waals surface area contributed by atoms with E-state index in [0.29, 0.717) is 0 Å². The van der Waals surface area contributed by atoms with Gasteiger partial charge in [0.05, 0.1) is 0 Å². The number of hydrogen-bond donors (Lipinski definition) is 2. The monoisotopic (exact) mass is 270 g/mol. The molecule has 2 rings (SSSR count). The molecule has 0 aliphatic rings. The predicted molar refractivity (Wildman–Crippen MR) is 61.5 cm³/mol. The Morgan fingerprint density at radius 2 is 1.26 bits per heavy atom. The first-order valence-corrected chi connectivity index (χ1v) is 5.22. The summed E-state index contributed by atoms with van der Waals surface area (Å²) in [6.45, 7) is 0. The van der Waals surface area contributed by atoms with Gasteiger partial charge in [0.25, 0.3) is 0 Å². The molecule has 0 bridgehead atoms. The minimum absolute atomic E-state index is 0.000833. The second kappa shape index (κ2) is 5.03. The second-order valence-corrected chi connectivity index (χ2v) is 3.78. The zero-order valence-electron chi connectivity index (χ0n) is 9.37. The molecule has 7 heteroatoms. The van der Waals surface area contributed by atoms with E-state index in [1.54, 1.807) is 6.07 Å². The molecule has 0 aliphatic carbocycles. The summed E-state index contributed by atoms with van der Waals surface area (Å²) in [7, 11) is -2.47. The molecule has 0 amide bonds. The maximum absolute atomic E-state index is 13.7. The number of rotatable bonds is 2. The number of benzene rings is 2. The Kier molecular flexibility index (Phi) is 3.59. The fourth-order valence-corrected chi connectivity index (χ4v) is 1.78. The van der Waals surface area contributed by atoms with E-state index in [4.69, 9.17) is 10.0 Å². The molecule has 0 unspecified atom stereocenters. The van der Waals surface area contributed by atoms with E-state index in [2.05, 4.69) is 0 Å². The van der Waals surface area contributed by atoms with Crippen LogP contribution >= 0.6 is 0 Å². The maximum atomic E-state index is 13.7. The standard InChI is InChI=1S/C12H7BF4O2/c14-9-7(6-4-2-1-3-5-6)8(13(18)19)10(15)12(17)11(9)16/h1-5,18-19H. The lowest BCUT2D eigenvalue weighted by Gasteiger charge is -2.13. The highest BCUT2D eigenvalue weighted by Crippen LogP contribution is 2.26. The summed E-state index contributed by atoms with van der Waals surface area (Å²) in [5.41, 5.74) is -1.75. The fourth-order valence-electron chi connectivity index (χ4n) is 1.78. The van der Waals surface area contributed by atoms with Gasteiger partial charge >= 0.3 is 7.12 Å². The Balaban J connectivity index is 2.86. The summed E-state index contributed by atoms with van der Waals surface area (Å²) >= 11 is 0. The van der Waals surface area contributed by atoms with Crippen LogP contribution in [0.3, 0.4) is 0 Å². The first kappa shape index (κ1) is 13.6. The first-order valence-electron chi connectivity index (χ1n) is 5.22. The van der Waals surface area contributed by atoms with Crippen LogP contribution in [0.15, 0.2) is 30.3 Å². The lowest BCUT2D eigenvalue weighted by Crippen LogP contribution is -2.37. The van der Waals surface area contributed by atoms with E-state index in [-0.39, 0.29) is 5.56 Å². The highest BCUT2D eigenvalue weighted by molar-refractivity contribution is 6.60. The van der Waals surface area contributed by atoms with Crippen molar-refractivity contribution in [3.8, 4) is 11.1 Å². The van der Waals surface area contributed by atoms with Crippen LogP contribution < -0.4 is 5.46 Å². The van der Waals surface area contributed by atoms with Gasteiger partial charge in [0.15, 0.2) is 23.3 Å². The van der Waals surface area contributed by atoms with Gasteiger partial charge < -0.3 is 10.0 Å². The Labute approximate surface area is 106 Å². The van der Waals surface area contributed by atoms with Crippen molar-refractivity contribution >= 4 is 12.6 Å². The van der Waals surface area contributed by atoms with Crippen LogP contribution in [0.5, 0.6) is 0 Å². The molecule has 2 N–H and O–H groups in total. The SMILES string of the molecule is OB(O)c1c(F)c(F)c(F)c(F)c1-c1ccccc1. The van der Waals surface area contributed by atoms with Gasteiger partial charge in [0, 0.05) is 11.0 Å². The highest BCUT2D eigenvalue weighted by Gasteiger charge is 2.31. The van der Waals surface area contributed by atoms with E-state index in [1.165, 1.54) is 24.3 Å². The van der Waals surface area contributed by atoms with Crippen molar-refractivity contribution in [1.82, 2.24) is 0 Å². The van der Waals surface area contributed by atoms with Gasteiger partial charge in [-0.3, -0.25) is 0 Å². The summed E-state index contributed by atoms with van der Waals surface area (Å²) in [6, 6.07) is 7.11. The van der Waals surface area contributed by atoms with Crippen molar-refractivity contribution in [2.75, 3.05) is 0 Å². The van der Waals surface area contributed by atoms with Crippen LogP contribution in [0.4, 0.5) is 17.6 Å². The lowest BCUT2D eigenvalue weighted by atomic mass is 9.74. The highest BCUT2D eigenvalue weighted by atomic mass is 19.2. The molecule has 0 saturated carbocycles. The van der Waals surface area contributed by atoms with Crippen molar-refractivity contribution in [2.45, 2.75) is 0 Å². The van der Waals surface area contributed by atoms with Gasteiger partial charge in [-0.2, -0.15) is 0 Å². The van der Waals surface area contributed by atoms with Crippen LogP contribution in [0, 0.1) is 23.3 Å². The average Bonchev–Trinajstić information content (AvgIpc) is 2.40. The molecule has 2 aromatic carbocycles. The van der Waals surface area contributed by atoms with Crippen molar-refractivity contribution < 1.29 is 27.6 Å². The summed E-state index contributed by atoms with van der Waals surface area (Å²) in [5.74, 6) is -7.58. The predicted octanol–water partition coefficient (Wildman–Crippen LogP) is 1.59. The van der Waals surface area contributed by atoms with E-state index in [0.717, 1.165) is 0 Å². The minimum atomic E-state index is -2.47. The molecular formula is C12H7BF4O2. The minimum Gasteiger partial charge on any atom is -0.423 e. The Morgan fingerprint density at radius 1 is 0.737 bits per heavy atom. The largest absolute Gasteiger partial charge is 0.492 e. The molecule has 2 aromatic rings. The first-order chi connectivity index (χ1) is 8.95. The zero-order chi connectivity index (χ0) is 14.2. The normalized spacial score (nSPS) is 10.6.